The van der Waals surface area contributed by atoms with Crippen LogP contribution in [0.2, 0.25) is 0 Å². The summed E-state index contributed by atoms with van der Waals surface area (Å²) in [4.78, 5) is 11.4. The monoisotopic (exact) mass is 272 g/mol. The van der Waals surface area contributed by atoms with E-state index in [0.29, 0.717) is 16.9 Å². The molecule has 0 saturated carbocycles. The number of ether oxygens (including phenoxy) is 1. The summed E-state index contributed by atoms with van der Waals surface area (Å²) < 4.78 is 18.3. The largest absolute Gasteiger partial charge is 0.496 e. The maximum atomic E-state index is 13.2. The minimum atomic E-state index is -1.10. The van der Waals surface area contributed by atoms with Crippen LogP contribution in [0.5, 0.6) is 5.75 Å². The van der Waals surface area contributed by atoms with Crippen LogP contribution in [-0.2, 0) is 4.79 Å². The van der Waals surface area contributed by atoms with Crippen molar-refractivity contribution in [2.24, 2.45) is 0 Å². The number of carboxylic acids is 1. The van der Waals surface area contributed by atoms with Crippen molar-refractivity contribution in [2.75, 3.05) is 7.11 Å². The minimum Gasteiger partial charge on any atom is -0.496 e. The van der Waals surface area contributed by atoms with E-state index in [1.807, 2.05) is 0 Å². The molecule has 0 unspecified atom stereocenters. The molecule has 0 spiro atoms. The van der Waals surface area contributed by atoms with Crippen LogP contribution in [0.15, 0.2) is 48.5 Å². The summed E-state index contributed by atoms with van der Waals surface area (Å²) in [5.41, 5.74) is 0.980. The zero-order chi connectivity index (χ0) is 14.5. The average Bonchev–Trinajstić information content (AvgIpc) is 2.44. The second-order valence-corrected chi connectivity index (χ2v) is 4.12. The van der Waals surface area contributed by atoms with Crippen molar-refractivity contribution in [2.45, 2.75) is 0 Å². The Bertz CT molecular complexity index is 662. The minimum absolute atomic E-state index is 0.0491. The van der Waals surface area contributed by atoms with Crippen molar-refractivity contribution < 1.29 is 19.0 Å². The molecule has 0 aliphatic rings. The molecule has 0 radical (unpaired) electrons. The van der Waals surface area contributed by atoms with E-state index in [9.17, 15) is 14.3 Å². The van der Waals surface area contributed by atoms with Crippen LogP contribution in [0.25, 0.3) is 11.6 Å². The number of halogens is 1. The number of rotatable bonds is 4. The molecule has 0 atom stereocenters. The highest BCUT2D eigenvalue weighted by atomic mass is 19.1. The summed E-state index contributed by atoms with van der Waals surface area (Å²) in [6.45, 7) is 0. The lowest BCUT2D eigenvalue weighted by Gasteiger charge is -2.09. The van der Waals surface area contributed by atoms with Gasteiger partial charge in [0.1, 0.15) is 11.6 Å². The molecule has 0 aromatic heterocycles. The molecule has 102 valence electrons. The standard InChI is InChI=1S/C16H13FO3/c1-20-15-8-3-2-7-13(15)14(16(18)19)10-11-5-4-6-12(17)9-11/h2-10H,1H3,(H,18,19)/b14-10-. The summed E-state index contributed by atoms with van der Waals surface area (Å²) in [6, 6.07) is 12.6. The lowest BCUT2D eigenvalue weighted by molar-refractivity contribution is -0.130. The van der Waals surface area contributed by atoms with Gasteiger partial charge in [-0.3, -0.25) is 0 Å². The summed E-state index contributed by atoms with van der Waals surface area (Å²) in [5, 5.41) is 9.36. The molecule has 2 aromatic rings. The predicted octanol–water partition coefficient (Wildman–Crippen LogP) is 3.46. The second kappa shape index (κ2) is 6.02. The fourth-order valence-electron chi connectivity index (χ4n) is 1.88. The van der Waals surface area contributed by atoms with Gasteiger partial charge in [-0.05, 0) is 29.8 Å². The van der Waals surface area contributed by atoms with Crippen molar-refractivity contribution in [1.82, 2.24) is 0 Å². The van der Waals surface area contributed by atoms with Crippen molar-refractivity contribution in [1.29, 1.82) is 0 Å². The van der Waals surface area contributed by atoms with Gasteiger partial charge in [0.25, 0.3) is 0 Å². The highest BCUT2D eigenvalue weighted by Gasteiger charge is 2.14. The first-order chi connectivity index (χ1) is 9.61. The number of methoxy groups -OCH3 is 1. The van der Waals surface area contributed by atoms with E-state index in [1.165, 1.54) is 31.4 Å². The molecular weight excluding hydrogens is 259 g/mol. The number of carboxylic acid groups (broad SMARTS) is 1. The van der Waals surface area contributed by atoms with Gasteiger partial charge < -0.3 is 9.84 Å². The molecule has 0 aliphatic carbocycles. The molecule has 0 saturated heterocycles. The molecule has 0 bridgehead atoms. The van der Waals surface area contributed by atoms with Crippen LogP contribution in [0, 0.1) is 5.82 Å². The molecule has 1 N–H and O–H groups in total. The number of hydrogen-bond acceptors (Lipinski definition) is 2. The maximum absolute atomic E-state index is 13.2. The molecule has 0 heterocycles. The normalized spacial score (nSPS) is 11.2. The van der Waals surface area contributed by atoms with Crippen molar-refractivity contribution in [3.8, 4) is 5.75 Å². The second-order valence-electron chi connectivity index (χ2n) is 4.12. The third kappa shape index (κ3) is 3.03. The lowest BCUT2D eigenvalue weighted by Crippen LogP contribution is -2.01. The van der Waals surface area contributed by atoms with E-state index in [-0.39, 0.29) is 5.57 Å². The number of benzene rings is 2. The van der Waals surface area contributed by atoms with Gasteiger partial charge in [0, 0.05) is 5.56 Å². The van der Waals surface area contributed by atoms with E-state index >= 15 is 0 Å². The van der Waals surface area contributed by atoms with Crippen LogP contribution in [0.3, 0.4) is 0 Å². The third-order valence-corrected chi connectivity index (χ3v) is 2.79. The van der Waals surface area contributed by atoms with E-state index < -0.39 is 11.8 Å². The number of para-hydroxylation sites is 1. The van der Waals surface area contributed by atoms with E-state index in [1.54, 1.807) is 30.3 Å². The average molecular weight is 272 g/mol. The highest BCUT2D eigenvalue weighted by molar-refractivity contribution is 6.21. The molecule has 3 nitrogen and oxygen atoms in total. The van der Waals surface area contributed by atoms with Gasteiger partial charge in [0.05, 0.1) is 12.7 Å². The van der Waals surface area contributed by atoms with Crippen molar-refractivity contribution in [3.05, 3.63) is 65.5 Å². The first kappa shape index (κ1) is 13.8. The smallest absolute Gasteiger partial charge is 0.336 e. The van der Waals surface area contributed by atoms with Gasteiger partial charge in [-0.25, -0.2) is 9.18 Å². The molecule has 0 aliphatic heterocycles. The molecule has 0 fully saturated rings. The van der Waals surface area contributed by atoms with Gasteiger partial charge in [-0.2, -0.15) is 0 Å². The Morgan fingerprint density at radius 1 is 1.20 bits per heavy atom. The summed E-state index contributed by atoms with van der Waals surface area (Å²) in [6.07, 6.45) is 1.42. The fourth-order valence-corrected chi connectivity index (χ4v) is 1.88. The molecule has 20 heavy (non-hydrogen) atoms. The summed E-state index contributed by atoms with van der Waals surface area (Å²) in [5.74, 6) is -1.06. The Kier molecular flexibility index (Phi) is 4.15. The van der Waals surface area contributed by atoms with Crippen LogP contribution in [0.4, 0.5) is 4.39 Å². The van der Waals surface area contributed by atoms with Crippen molar-refractivity contribution >= 4 is 17.6 Å². The van der Waals surface area contributed by atoms with Gasteiger partial charge in [-0.1, -0.05) is 30.3 Å². The van der Waals surface area contributed by atoms with Gasteiger partial charge in [-0.15, -0.1) is 0 Å². The summed E-state index contributed by atoms with van der Waals surface area (Å²) in [7, 11) is 1.47. The Labute approximate surface area is 115 Å². The lowest BCUT2D eigenvalue weighted by atomic mass is 10.0. The van der Waals surface area contributed by atoms with Gasteiger partial charge in [0.2, 0.25) is 0 Å². The Morgan fingerprint density at radius 3 is 2.60 bits per heavy atom. The fraction of sp³-hybridized carbons (Fsp3) is 0.0625. The third-order valence-electron chi connectivity index (χ3n) is 2.79. The van der Waals surface area contributed by atoms with Crippen LogP contribution in [-0.4, -0.2) is 18.2 Å². The Hall–Kier alpha value is -2.62. The molecular formula is C16H13FO3. The van der Waals surface area contributed by atoms with Crippen LogP contribution in [0.1, 0.15) is 11.1 Å². The molecule has 2 aromatic carbocycles. The van der Waals surface area contributed by atoms with Gasteiger partial charge in [0.15, 0.2) is 0 Å². The first-order valence-corrected chi connectivity index (χ1v) is 5.96. The van der Waals surface area contributed by atoms with E-state index in [4.69, 9.17) is 4.74 Å². The summed E-state index contributed by atoms with van der Waals surface area (Å²) >= 11 is 0. The zero-order valence-electron chi connectivity index (χ0n) is 10.8. The predicted molar refractivity (Wildman–Crippen MR) is 74.9 cm³/mol. The van der Waals surface area contributed by atoms with E-state index in [0.717, 1.165) is 0 Å². The maximum Gasteiger partial charge on any atom is 0.336 e. The van der Waals surface area contributed by atoms with Crippen LogP contribution < -0.4 is 4.74 Å². The quantitative estimate of drug-likeness (QED) is 0.685. The molecule has 2 rings (SSSR count). The van der Waals surface area contributed by atoms with Gasteiger partial charge >= 0.3 is 5.97 Å². The topological polar surface area (TPSA) is 46.5 Å². The Morgan fingerprint density at radius 2 is 1.95 bits per heavy atom. The number of hydrogen-bond donors (Lipinski definition) is 1. The Balaban J connectivity index is 2.54. The van der Waals surface area contributed by atoms with E-state index in [2.05, 4.69) is 0 Å². The van der Waals surface area contributed by atoms with Crippen molar-refractivity contribution in [3.63, 3.8) is 0 Å². The SMILES string of the molecule is COc1ccccc1/C(=C/c1cccc(F)c1)C(=O)O. The molecule has 4 heteroatoms. The van der Waals surface area contributed by atoms with Crippen LogP contribution >= 0.6 is 0 Å². The number of aliphatic carboxylic acids is 1. The first-order valence-electron chi connectivity index (χ1n) is 5.96. The number of carbonyl (C=O) groups is 1. The molecule has 0 amide bonds. The highest BCUT2D eigenvalue weighted by Crippen LogP contribution is 2.27. The zero-order valence-corrected chi connectivity index (χ0v) is 10.8.